The Balaban J connectivity index is 2.57. The van der Waals surface area contributed by atoms with Crippen molar-refractivity contribution >= 4 is 19.7 Å². The maximum atomic E-state index is 12.7. The van der Waals surface area contributed by atoms with Gasteiger partial charge in [0.2, 0.25) is 0 Å². The van der Waals surface area contributed by atoms with Crippen molar-refractivity contribution in [1.82, 2.24) is 0 Å². The number of aryl methyl sites for hydroxylation is 4. The van der Waals surface area contributed by atoms with Gasteiger partial charge < -0.3 is 0 Å². The van der Waals surface area contributed by atoms with Crippen molar-refractivity contribution in [1.29, 1.82) is 0 Å². The molecule has 0 fully saturated rings. The van der Waals surface area contributed by atoms with Gasteiger partial charge in [0.1, 0.15) is 0 Å². The summed E-state index contributed by atoms with van der Waals surface area (Å²) in [6.45, 7) is 6.69. The molecular weight excluding hydrogens is 332 g/mol. The molecule has 0 saturated carbocycles. The van der Waals surface area contributed by atoms with Crippen molar-refractivity contribution < 1.29 is 16.8 Å². The van der Waals surface area contributed by atoms with Crippen LogP contribution in [-0.4, -0.2) is 21.9 Å². The van der Waals surface area contributed by atoms with Gasteiger partial charge in [-0.3, -0.25) is 0 Å². The predicted octanol–water partition coefficient (Wildman–Crippen LogP) is 3.13. The molecule has 0 bridgehead atoms. The molecule has 2 rings (SSSR count). The second-order valence-corrected chi connectivity index (χ2v) is 10.0. The molecule has 0 atom stereocenters. The Morgan fingerprint density at radius 3 is 1.13 bits per heavy atom. The van der Waals surface area contributed by atoms with Crippen LogP contribution in [0.4, 0.5) is 0 Å². The molecule has 0 radical (unpaired) electrons. The van der Waals surface area contributed by atoms with Crippen LogP contribution in [0.1, 0.15) is 22.3 Å². The van der Waals surface area contributed by atoms with Gasteiger partial charge in [-0.2, -0.15) is 0 Å². The van der Waals surface area contributed by atoms with E-state index in [0.717, 1.165) is 0 Å². The van der Waals surface area contributed by atoms with Crippen LogP contribution in [0.25, 0.3) is 0 Å². The third-order valence-electron chi connectivity index (χ3n) is 3.75. The van der Waals surface area contributed by atoms with Crippen LogP contribution < -0.4 is 0 Å². The molecule has 2 aromatic carbocycles. The van der Waals surface area contributed by atoms with E-state index in [1.165, 1.54) is 0 Å². The Hall–Kier alpha value is -1.66. The zero-order valence-corrected chi connectivity index (χ0v) is 15.3. The molecule has 0 N–H and O–H groups in total. The Bertz CT molecular complexity index is 836. The minimum absolute atomic E-state index is 0.106. The quantitative estimate of drug-likeness (QED) is 0.848. The Morgan fingerprint density at radius 2 is 0.870 bits per heavy atom. The average Bonchev–Trinajstić information content (AvgIpc) is 2.35. The number of sulfone groups is 2. The van der Waals surface area contributed by atoms with E-state index in [2.05, 4.69) is 0 Å². The zero-order valence-electron chi connectivity index (χ0n) is 13.6. The Kier molecular flexibility index (Phi) is 4.69. The van der Waals surface area contributed by atoms with Crippen LogP contribution >= 0.6 is 0 Å². The highest BCUT2D eigenvalue weighted by molar-refractivity contribution is 8.08. The SMILES string of the molecule is Cc1cccc(C)c1S(=O)(=O)CS(=O)(=O)c1c(C)cccc1C. The smallest absolute Gasteiger partial charge is 0.193 e. The molecule has 0 amide bonds. The van der Waals surface area contributed by atoms with E-state index < -0.39 is 24.8 Å². The van der Waals surface area contributed by atoms with Crippen molar-refractivity contribution in [2.45, 2.75) is 37.5 Å². The van der Waals surface area contributed by atoms with E-state index in [4.69, 9.17) is 0 Å². The Labute approximate surface area is 138 Å². The summed E-state index contributed by atoms with van der Waals surface area (Å²) in [6.07, 6.45) is 0. The number of rotatable bonds is 4. The molecule has 23 heavy (non-hydrogen) atoms. The summed E-state index contributed by atoms with van der Waals surface area (Å²) in [5.41, 5.74) is 2.23. The van der Waals surface area contributed by atoms with Gasteiger partial charge >= 0.3 is 0 Å². The molecule has 124 valence electrons. The maximum absolute atomic E-state index is 12.7. The van der Waals surface area contributed by atoms with Gasteiger partial charge in [0.15, 0.2) is 24.8 Å². The fourth-order valence-corrected chi connectivity index (χ4v) is 7.71. The molecule has 0 saturated heterocycles. The van der Waals surface area contributed by atoms with Crippen LogP contribution in [-0.2, 0) is 19.7 Å². The van der Waals surface area contributed by atoms with Crippen LogP contribution in [0.5, 0.6) is 0 Å². The number of hydrogen-bond acceptors (Lipinski definition) is 4. The Morgan fingerprint density at radius 1 is 0.609 bits per heavy atom. The van der Waals surface area contributed by atoms with E-state index in [0.29, 0.717) is 22.3 Å². The molecule has 0 aliphatic heterocycles. The first-order valence-electron chi connectivity index (χ1n) is 7.14. The molecule has 0 heterocycles. The molecule has 2 aromatic rings. The van der Waals surface area contributed by atoms with Crippen molar-refractivity contribution in [3.05, 3.63) is 58.7 Å². The van der Waals surface area contributed by atoms with Gasteiger partial charge in [0, 0.05) is 0 Å². The van der Waals surface area contributed by atoms with Crippen molar-refractivity contribution in [3.63, 3.8) is 0 Å². The lowest BCUT2D eigenvalue weighted by molar-refractivity contribution is 0.587. The number of hydrogen-bond donors (Lipinski definition) is 0. The highest BCUT2D eigenvalue weighted by Gasteiger charge is 2.30. The molecule has 0 aliphatic carbocycles. The van der Waals surface area contributed by atoms with E-state index in [1.807, 2.05) is 0 Å². The van der Waals surface area contributed by atoms with Crippen LogP contribution in [0.3, 0.4) is 0 Å². The van der Waals surface area contributed by atoms with Gasteiger partial charge in [-0.1, -0.05) is 36.4 Å². The lowest BCUT2D eigenvalue weighted by atomic mass is 10.2. The first-order valence-corrected chi connectivity index (χ1v) is 10.4. The lowest BCUT2D eigenvalue weighted by Gasteiger charge is -2.14. The summed E-state index contributed by atoms with van der Waals surface area (Å²) < 4.78 is 50.8. The predicted molar refractivity (Wildman–Crippen MR) is 91.1 cm³/mol. The summed E-state index contributed by atoms with van der Waals surface area (Å²) >= 11 is 0. The van der Waals surface area contributed by atoms with E-state index in [9.17, 15) is 16.8 Å². The van der Waals surface area contributed by atoms with Crippen LogP contribution in [0, 0.1) is 27.7 Å². The minimum Gasteiger partial charge on any atom is -0.223 e. The van der Waals surface area contributed by atoms with Gasteiger partial charge in [-0.25, -0.2) is 16.8 Å². The van der Waals surface area contributed by atoms with Crippen molar-refractivity contribution in [2.75, 3.05) is 5.08 Å². The van der Waals surface area contributed by atoms with E-state index in [1.54, 1.807) is 64.1 Å². The molecule has 0 aromatic heterocycles. The maximum Gasteiger partial charge on any atom is 0.193 e. The molecular formula is C17H20O4S2. The summed E-state index contributed by atoms with van der Waals surface area (Å²) in [4.78, 5) is 0.213. The van der Waals surface area contributed by atoms with Gasteiger partial charge in [-0.15, -0.1) is 0 Å². The van der Waals surface area contributed by atoms with Gasteiger partial charge in [0.25, 0.3) is 0 Å². The van der Waals surface area contributed by atoms with Crippen molar-refractivity contribution in [3.8, 4) is 0 Å². The summed E-state index contributed by atoms with van der Waals surface area (Å²) in [7, 11) is -7.90. The normalized spacial score (nSPS) is 12.3. The minimum atomic E-state index is -3.95. The summed E-state index contributed by atoms with van der Waals surface area (Å²) in [5, 5.41) is -0.919. The second kappa shape index (κ2) is 6.09. The highest BCUT2D eigenvalue weighted by Crippen LogP contribution is 2.27. The molecule has 4 nitrogen and oxygen atoms in total. The molecule has 6 heteroatoms. The monoisotopic (exact) mass is 352 g/mol. The fraction of sp³-hybridized carbons (Fsp3) is 0.294. The van der Waals surface area contributed by atoms with Gasteiger partial charge in [-0.05, 0) is 49.9 Å². The first kappa shape index (κ1) is 17.7. The van der Waals surface area contributed by atoms with Crippen LogP contribution in [0.15, 0.2) is 46.2 Å². The fourth-order valence-electron chi connectivity index (χ4n) is 2.90. The van der Waals surface area contributed by atoms with E-state index >= 15 is 0 Å². The molecule has 0 spiro atoms. The lowest BCUT2D eigenvalue weighted by Crippen LogP contribution is -2.20. The topological polar surface area (TPSA) is 68.3 Å². The van der Waals surface area contributed by atoms with Gasteiger partial charge in [0.05, 0.1) is 9.79 Å². The third kappa shape index (κ3) is 3.48. The molecule has 0 unspecified atom stereocenters. The highest BCUT2D eigenvalue weighted by atomic mass is 32.3. The van der Waals surface area contributed by atoms with E-state index in [-0.39, 0.29) is 9.79 Å². The first-order chi connectivity index (χ1) is 10.6. The molecule has 0 aliphatic rings. The largest absolute Gasteiger partial charge is 0.223 e. The third-order valence-corrected chi connectivity index (χ3v) is 8.76. The zero-order chi connectivity index (χ0) is 17.4. The average molecular weight is 352 g/mol. The second-order valence-electron chi connectivity index (χ2n) is 5.79. The number of benzene rings is 2. The van der Waals surface area contributed by atoms with Crippen molar-refractivity contribution in [2.24, 2.45) is 0 Å². The standard InChI is InChI=1S/C17H20O4S2/c1-12-7-5-8-13(2)16(12)22(18,19)11-23(20,21)17-14(3)9-6-10-15(17)4/h5-10H,11H2,1-4H3. The summed E-state index contributed by atoms with van der Waals surface area (Å²) in [5.74, 6) is 0. The van der Waals surface area contributed by atoms with Crippen LogP contribution in [0.2, 0.25) is 0 Å². The summed E-state index contributed by atoms with van der Waals surface area (Å²) in [6, 6.07) is 10.2.